The van der Waals surface area contributed by atoms with Gasteiger partial charge in [-0.3, -0.25) is 0 Å². The molecule has 4 heteroatoms. The van der Waals surface area contributed by atoms with E-state index in [1.807, 2.05) is 18.7 Å². The highest BCUT2D eigenvalue weighted by Crippen LogP contribution is 2.14. The second-order valence-electron chi connectivity index (χ2n) is 4.75. The van der Waals surface area contributed by atoms with Gasteiger partial charge in [0, 0.05) is 25.5 Å². The standard InChI is InChI=1S/C12H22N4/c1-15-6-2-12(3-7-15)10-13-4-8-16-9-5-14-11-16/h5,9,11-13H,2-4,6-8,10H2,1H3. The van der Waals surface area contributed by atoms with Gasteiger partial charge < -0.3 is 14.8 Å². The second-order valence-corrected chi connectivity index (χ2v) is 4.75. The Morgan fingerprint density at radius 3 is 2.88 bits per heavy atom. The van der Waals surface area contributed by atoms with E-state index < -0.39 is 0 Å². The van der Waals surface area contributed by atoms with Gasteiger partial charge in [-0.05, 0) is 45.4 Å². The summed E-state index contributed by atoms with van der Waals surface area (Å²) >= 11 is 0. The fourth-order valence-corrected chi connectivity index (χ4v) is 2.20. The maximum Gasteiger partial charge on any atom is 0.0946 e. The summed E-state index contributed by atoms with van der Waals surface area (Å²) in [6, 6.07) is 0. The minimum Gasteiger partial charge on any atom is -0.336 e. The van der Waals surface area contributed by atoms with Crippen molar-refractivity contribution in [3.63, 3.8) is 0 Å². The van der Waals surface area contributed by atoms with Crippen LogP contribution in [0.3, 0.4) is 0 Å². The summed E-state index contributed by atoms with van der Waals surface area (Å²) < 4.78 is 2.11. The number of nitrogens with zero attached hydrogens (tertiary/aromatic N) is 3. The van der Waals surface area contributed by atoms with Crippen LogP contribution in [0.25, 0.3) is 0 Å². The van der Waals surface area contributed by atoms with Gasteiger partial charge in [-0.15, -0.1) is 0 Å². The van der Waals surface area contributed by atoms with Gasteiger partial charge >= 0.3 is 0 Å². The van der Waals surface area contributed by atoms with Gasteiger partial charge in [-0.2, -0.15) is 0 Å². The molecule has 90 valence electrons. The molecule has 0 spiro atoms. The monoisotopic (exact) mass is 222 g/mol. The van der Waals surface area contributed by atoms with E-state index in [2.05, 4.69) is 26.8 Å². The van der Waals surface area contributed by atoms with Crippen LogP contribution in [0.15, 0.2) is 18.7 Å². The van der Waals surface area contributed by atoms with Crippen LogP contribution in [-0.4, -0.2) is 47.7 Å². The quantitative estimate of drug-likeness (QED) is 0.749. The number of hydrogen-bond acceptors (Lipinski definition) is 3. The van der Waals surface area contributed by atoms with Crippen LogP contribution < -0.4 is 5.32 Å². The Morgan fingerprint density at radius 2 is 2.19 bits per heavy atom. The number of piperidine rings is 1. The minimum absolute atomic E-state index is 0.874. The molecule has 16 heavy (non-hydrogen) atoms. The van der Waals surface area contributed by atoms with Crippen LogP contribution in [0.5, 0.6) is 0 Å². The first-order valence-electron chi connectivity index (χ1n) is 6.19. The van der Waals surface area contributed by atoms with E-state index in [4.69, 9.17) is 0 Å². The van der Waals surface area contributed by atoms with E-state index in [1.165, 1.54) is 32.5 Å². The molecule has 2 rings (SSSR count). The summed E-state index contributed by atoms with van der Waals surface area (Å²) in [5.74, 6) is 0.874. The predicted octanol–water partition coefficient (Wildman–Crippen LogP) is 0.814. The van der Waals surface area contributed by atoms with Crippen LogP contribution in [0.1, 0.15) is 12.8 Å². The summed E-state index contributed by atoms with van der Waals surface area (Å²) in [7, 11) is 2.21. The molecular formula is C12H22N4. The van der Waals surface area contributed by atoms with E-state index in [0.717, 1.165) is 19.0 Å². The molecule has 1 aromatic heterocycles. The maximum absolute atomic E-state index is 4.03. The van der Waals surface area contributed by atoms with Crippen molar-refractivity contribution < 1.29 is 0 Å². The summed E-state index contributed by atoms with van der Waals surface area (Å²) in [6.07, 6.45) is 8.40. The highest BCUT2D eigenvalue weighted by molar-refractivity contribution is 4.75. The van der Waals surface area contributed by atoms with Crippen molar-refractivity contribution >= 4 is 0 Å². The van der Waals surface area contributed by atoms with Crippen molar-refractivity contribution in [1.29, 1.82) is 0 Å². The Balaban J connectivity index is 1.55. The summed E-state index contributed by atoms with van der Waals surface area (Å²) in [4.78, 5) is 6.45. The molecule has 0 aliphatic carbocycles. The topological polar surface area (TPSA) is 33.1 Å². The zero-order valence-corrected chi connectivity index (χ0v) is 10.1. The third-order valence-corrected chi connectivity index (χ3v) is 3.38. The van der Waals surface area contributed by atoms with Gasteiger partial charge in [0.2, 0.25) is 0 Å². The zero-order valence-electron chi connectivity index (χ0n) is 10.1. The molecular weight excluding hydrogens is 200 g/mol. The zero-order chi connectivity index (χ0) is 11.2. The van der Waals surface area contributed by atoms with Crippen molar-refractivity contribution in [1.82, 2.24) is 19.8 Å². The molecule has 0 amide bonds. The lowest BCUT2D eigenvalue weighted by Gasteiger charge is -2.29. The molecule has 1 N–H and O–H groups in total. The first kappa shape index (κ1) is 11.6. The number of imidazole rings is 1. The van der Waals surface area contributed by atoms with E-state index in [9.17, 15) is 0 Å². The Labute approximate surface area is 97.7 Å². The SMILES string of the molecule is CN1CCC(CNCCn2ccnc2)CC1. The van der Waals surface area contributed by atoms with Crippen molar-refractivity contribution in [3.8, 4) is 0 Å². The Hall–Kier alpha value is -0.870. The van der Waals surface area contributed by atoms with Gasteiger partial charge in [0.25, 0.3) is 0 Å². The molecule has 0 bridgehead atoms. The minimum atomic E-state index is 0.874. The number of rotatable bonds is 5. The summed E-state index contributed by atoms with van der Waals surface area (Å²) in [6.45, 7) is 5.75. The lowest BCUT2D eigenvalue weighted by molar-refractivity contribution is 0.216. The van der Waals surface area contributed by atoms with Gasteiger partial charge in [-0.25, -0.2) is 4.98 Å². The average Bonchev–Trinajstić information content (AvgIpc) is 2.80. The van der Waals surface area contributed by atoms with Crippen LogP contribution >= 0.6 is 0 Å². The van der Waals surface area contributed by atoms with Crippen LogP contribution in [-0.2, 0) is 6.54 Å². The summed E-state index contributed by atoms with van der Waals surface area (Å²) in [5, 5.41) is 3.54. The van der Waals surface area contributed by atoms with E-state index in [0.29, 0.717) is 0 Å². The third kappa shape index (κ3) is 3.61. The Bertz CT molecular complexity index is 275. The van der Waals surface area contributed by atoms with Crippen LogP contribution in [0.4, 0.5) is 0 Å². The lowest BCUT2D eigenvalue weighted by atomic mass is 9.97. The largest absolute Gasteiger partial charge is 0.336 e. The number of nitrogens with one attached hydrogen (secondary N) is 1. The van der Waals surface area contributed by atoms with Gasteiger partial charge in [-0.1, -0.05) is 0 Å². The molecule has 1 aliphatic heterocycles. The maximum atomic E-state index is 4.03. The fraction of sp³-hybridized carbons (Fsp3) is 0.750. The molecule has 0 atom stereocenters. The Morgan fingerprint density at radius 1 is 1.38 bits per heavy atom. The molecule has 1 aliphatic rings. The fourth-order valence-electron chi connectivity index (χ4n) is 2.20. The molecule has 1 fully saturated rings. The van der Waals surface area contributed by atoms with Crippen LogP contribution in [0, 0.1) is 5.92 Å². The van der Waals surface area contributed by atoms with E-state index in [-0.39, 0.29) is 0 Å². The van der Waals surface area contributed by atoms with Crippen molar-refractivity contribution in [3.05, 3.63) is 18.7 Å². The molecule has 4 nitrogen and oxygen atoms in total. The molecule has 1 aromatic rings. The molecule has 2 heterocycles. The first-order chi connectivity index (χ1) is 7.84. The van der Waals surface area contributed by atoms with Crippen molar-refractivity contribution in [2.45, 2.75) is 19.4 Å². The summed E-state index contributed by atoms with van der Waals surface area (Å²) in [5.41, 5.74) is 0. The lowest BCUT2D eigenvalue weighted by Crippen LogP contribution is -2.35. The second kappa shape index (κ2) is 6.01. The highest BCUT2D eigenvalue weighted by Gasteiger charge is 2.15. The number of aromatic nitrogens is 2. The van der Waals surface area contributed by atoms with E-state index in [1.54, 1.807) is 0 Å². The van der Waals surface area contributed by atoms with Gasteiger partial charge in [0.05, 0.1) is 6.33 Å². The molecule has 0 saturated carbocycles. The smallest absolute Gasteiger partial charge is 0.0946 e. The average molecular weight is 222 g/mol. The normalized spacial score (nSPS) is 19.1. The predicted molar refractivity (Wildman–Crippen MR) is 65.3 cm³/mol. The molecule has 0 radical (unpaired) electrons. The Kier molecular flexibility index (Phi) is 4.36. The van der Waals surface area contributed by atoms with Crippen LogP contribution in [0.2, 0.25) is 0 Å². The third-order valence-electron chi connectivity index (χ3n) is 3.38. The van der Waals surface area contributed by atoms with Crippen molar-refractivity contribution in [2.75, 3.05) is 33.2 Å². The van der Waals surface area contributed by atoms with Gasteiger partial charge in [0.1, 0.15) is 0 Å². The first-order valence-corrected chi connectivity index (χ1v) is 6.19. The van der Waals surface area contributed by atoms with E-state index >= 15 is 0 Å². The number of likely N-dealkylation sites (tertiary alicyclic amines) is 1. The van der Waals surface area contributed by atoms with Crippen molar-refractivity contribution in [2.24, 2.45) is 5.92 Å². The molecule has 1 saturated heterocycles. The number of hydrogen-bond donors (Lipinski definition) is 1. The molecule has 0 aromatic carbocycles. The molecule has 0 unspecified atom stereocenters. The highest BCUT2D eigenvalue weighted by atomic mass is 15.1. The van der Waals surface area contributed by atoms with Gasteiger partial charge in [0.15, 0.2) is 0 Å².